The van der Waals surface area contributed by atoms with Crippen LogP contribution in [0.3, 0.4) is 0 Å². The van der Waals surface area contributed by atoms with Crippen molar-refractivity contribution in [3.8, 4) is 11.3 Å². The third-order valence-electron chi connectivity index (χ3n) is 4.30. The summed E-state index contributed by atoms with van der Waals surface area (Å²) in [5.74, 6) is -0.982. The standard InChI is InChI=1S/C22H15ClN4O2/c23-17-9-3-1-8-15(17)20-13-16(14-7-2-4-10-18(14)25-20)21(28)26-27-22(29)19-11-5-6-12-24-19/h1-13H,(H,26,28)(H,27,29). The summed E-state index contributed by atoms with van der Waals surface area (Å²) in [7, 11) is 0. The molecule has 29 heavy (non-hydrogen) atoms. The van der Waals surface area contributed by atoms with Gasteiger partial charge in [-0.25, -0.2) is 4.98 Å². The largest absolute Gasteiger partial charge is 0.288 e. The number of hydrogen-bond acceptors (Lipinski definition) is 4. The zero-order valence-corrected chi connectivity index (χ0v) is 15.9. The lowest BCUT2D eigenvalue weighted by Crippen LogP contribution is -2.42. The fourth-order valence-corrected chi connectivity index (χ4v) is 3.14. The van der Waals surface area contributed by atoms with Crippen LogP contribution in [0.4, 0.5) is 0 Å². The van der Waals surface area contributed by atoms with E-state index in [9.17, 15) is 9.59 Å². The molecule has 4 aromatic rings. The molecule has 0 aliphatic carbocycles. The van der Waals surface area contributed by atoms with Crippen molar-refractivity contribution in [2.45, 2.75) is 0 Å². The Bertz CT molecular complexity index is 1210. The van der Waals surface area contributed by atoms with Gasteiger partial charge in [0.2, 0.25) is 0 Å². The number of carbonyl (C=O) groups excluding carboxylic acids is 2. The van der Waals surface area contributed by atoms with Crippen LogP contribution in [0, 0.1) is 0 Å². The van der Waals surface area contributed by atoms with Crippen LogP contribution in [0.5, 0.6) is 0 Å². The number of aromatic nitrogens is 2. The van der Waals surface area contributed by atoms with Crippen LogP contribution in [-0.4, -0.2) is 21.8 Å². The smallest absolute Gasteiger partial charge is 0.267 e. The zero-order chi connectivity index (χ0) is 20.2. The number of carbonyl (C=O) groups is 2. The molecule has 0 unspecified atom stereocenters. The van der Waals surface area contributed by atoms with Gasteiger partial charge < -0.3 is 0 Å². The molecule has 0 fully saturated rings. The summed E-state index contributed by atoms with van der Waals surface area (Å²) in [5.41, 5.74) is 7.32. The second-order valence-electron chi connectivity index (χ2n) is 6.18. The van der Waals surface area contributed by atoms with Gasteiger partial charge in [-0.05, 0) is 30.3 Å². The van der Waals surface area contributed by atoms with Gasteiger partial charge in [-0.2, -0.15) is 0 Å². The van der Waals surface area contributed by atoms with Crippen molar-refractivity contribution in [2.75, 3.05) is 0 Å². The van der Waals surface area contributed by atoms with E-state index < -0.39 is 11.8 Å². The van der Waals surface area contributed by atoms with Crippen LogP contribution in [0.2, 0.25) is 5.02 Å². The monoisotopic (exact) mass is 402 g/mol. The number of pyridine rings is 2. The lowest BCUT2D eigenvalue weighted by Gasteiger charge is -2.12. The third-order valence-corrected chi connectivity index (χ3v) is 4.63. The van der Waals surface area contributed by atoms with E-state index in [4.69, 9.17) is 11.6 Å². The maximum absolute atomic E-state index is 12.9. The minimum atomic E-state index is -0.511. The van der Waals surface area contributed by atoms with Gasteiger partial charge in [0.1, 0.15) is 5.69 Å². The van der Waals surface area contributed by atoms with Gasteiger partial charge in [-0.15, -0.1) is 0 Å². The summed E-state index contributed by atoms with van der Waals surface area (Å²) in [4.78, 5) is 33.6. The fraction of sp³-hybridized carbons (Fsp3) is 0. The maximum Gasteiger partial charge on any atom is 0.288 e. The van der Waals surface area contributed by atoms with Crippen LogP contribution >= 0.6 is 11.6 Å². The first kappa shape index (κ1) is 18.6. The Morgan fingerprint density at radius 3 is 2.34 bits per heavy atom. The summed E-state index contributed by atoms with van der Waals surface area (Å²) in [5, 5.41) is 1.19. The molecule has 0 spiro atoms. The third kappa shape index (κ3) is 3.93. The van der Waals surface area contributed by atoms with Crippen LogP contribution < -0.4 is 10.9 Å². The van der Waals surface area contributed by atoms with Gasteiger partial charge in [0.25, 0.3) is 11.8 Å². The first-order chi connectivity index (χ1) is 14.1. The summed E-state index contributed by atoms with van der Waals surface area (Å²) >= 11 is 6.31. The summed E-state index contributed by atoms with van der Waals surface area (Å²) < 4.78 is 0. The van der Waals surface area contributed by atoms with E-state index in [1.165, 1.54) is 6.20 Å². The average molecular weight is 403 g/mol. The molecule has 0 saturated heterocycles. The van der Waals surface area contributed by atoms with Crippen LogP contribution in [0.1, 0.15) is 20.8 Å². The Kier molecular flexibility index (Phi) is 5.18. The van der Waals surface area contributed by atoms with Crippen LogP contribution in [-0.2, 0) is 0 Å². The van der Waals surface area contributed by atoms with Crippen molar-refractivity contribution in [3.63, 3.8) is 0 Å². The number of hydrogen-bond donors (Lipinski definition) is 2. The van der Waals surface area contributed by atoms with E-state index in [0.29, 0.717) is 32.7 Å². The van der Waals surface area contributed by atoms with Crippen molar-refractivity contribution in [1.82, 2.24) is 20.8 Å². The number of benzene rings is 2. The van der Waals surface area contributed by atoms with E-state index >= 15 is 0 Å². The number of halogens is 1. The molecule has 0 bridgehead atoms. The number of amides is 2. The highest BCUT2D eigenvalue weighted by atomic mass is 35.5. The molecule has 0 atom stereocenters. The Morgan fingerprint density at radius 1 is 0.828 bits per heavy atom. The van der Waals surface area contributed by atoms with Gasteiger partial charge in [0.05, 0.1) is 16.8 Å². The predicted octanol–water partition coefficient (Wildman–Crippen LogP) is 4.03. The highest BCUT2D eigenvalue weighted by Crippen LogP contribution is 2.29. The molecule has 0 radical (unpaired) electrons. The lowest BCUT2D eigenvalue weighted by molar-refractivity contribution is 0.0845. The minimum Gasteiger partial charge on any atom is -0.267 e. The summed E-state index contributed by atoms with van der Waals surface area (Å²) in [6, 6.07) is 21.2. The normalized spacial score (nSPS) is 10.5. The first-order valence-electron chi connectivity index (χ1n) is 8.80. The molecule has 7 heteroatoms. The molecule has 0 aliphatic rings. The van der Waals surface area contributed by atoms with Crippen molar-refractivity contribution in [2.24, 2.45) is 0 Å². The topological polar surface area (TPSA) is 84.0 Å². The van der Waals surface area contributed by atoms with E-state index in [1.807, 2.05) is 36.4 Å². The van der Waals surface area contributed by atoms with E-state index in [0.717, 1.165) is 0 Å². The maximum atomic E-state index is 12.9. The highest BCUT2D eigenvalue weighted by Gasteiger charge is 2.16. The number of rotatable bonds is 3. The molecule has 6 nitrogen and oxygen atoms in total. The van der Waals surface area contributed by atoms with Crippen molar-refractivity contribution in [3.05, 3.63) is 95.3 Å². The quantitative estimate of drug-likeness (QED) is 0.507. The van der Waals surface area contributed by atoms with E-state index in [-0.39, 0.29) is 5.69 Å². The van der Waals surface area contributed by atoms with Crippen LogP contribution in [0.25, 0.3) is 22.2 Å². The number of fused-ring (bicyclic) bond motifs is 1. The van der Waals surface area contributed by atoms with Gasteiger partial charge in [0.15, 0.2) is 0 Å². The van der Waals surface area contributed by atoms with Crippen molar-refractivity contribution >= 4 is 34.3 Å². The zero-order valence-electron chi connectivity index (χ0n) is 15.1. The van der Waals surface area contributed by atoms with Gasteiger partial charge in [0, 0.05) is 22.2 Å². The Balaban J connectivity index is 1.68. The molecule has 2 heterocycles. The molecular weight excluding hydrogens is 388 g/mol. The second kappa shape index (κ2) is 8.08. The Labute approximate surface area is 171 Å². The number of hydrazine groups is 1. The van der Waals surface area contributed by atoms with Gasteiger partial charge >= 0.3 is 0 Å². The molecule has 2 aromatic carbocycles. The molecular formula is C22H15ClN4O2. The number of nitrogens with one attached hydrogen (secondary N) is 2. The van der Waals surface area contributed by atoms with Crippen LogP contribution in [0.15, 0.2) is 79.0 Å². The second-order valence-corrected chi connectivity index (χ2v) is 6.58. The number of para-hydroxylation sites is 1. The Hall–Kier alpha value is -3.77. The molecule has 142 valence electrons. The predicted molar refractivity (Wildman–Crippen MR) is 111 cm³/mol. The molecule has 4 rings (SSSR count). The van der Waals surface area contributed by atoms with E-state index in [2.05, 4.69) is 20.8 Å². The van der Waals surface area contributed by atoms with Gasteiger partial charge in [-0.3, -0.25) is 25.4 Å². The average Bonchev–Trinajstić information content (AvgIpc) is 2.77. The molecule has 0 aliphatic heterocycles. The SMILES string of the molecule is O=C(NNC(=O)c1cc(-c2ccccc2Cl)nc2ccccc12)c1ccccn1. The molecule has 2 aromatic heterocycles. The van der Waals surface area contributed by atoms with Crippen molar-refractivity contribution < 1.29 is 9.59 Å². The molecule has 2 N–H and O–H groups in total. The Morgan fingerprint density at radius 2 is 1.55 bits per heavy atom. The lowest BCUT2D eigenvalue weighted by atomic mass is 10.0. The summed E-state index contributed by atoms with van der Waals surface area (Å²) in [6.45, 7) is 0. The molecule has 0 saturated carbocycles. The number of nitrogens with zero attached hydrogens (tertiary/aromatic N) is 2. The summed E-state index contributed by atoms with van der Waals surface area (Å²) in [6.07, 6.45) is 1.50. The molecule has 2 amide bonds. The minimum absolute atomic E-state index is 0.198. The first-order valence-corrected chi connectivity index (χ1v) is 9.17. The van der Waals surface area contributed by atoms with E-state index in [1.54, 1.807) is 36.4 Å². The van der Waals surface area contributed by atoms with Crippen molar-refractivity contribution in [1.29, 1.82) is 0 Å². The highest BCUT2D eigenvalue weighted by molar-refractivity contribution is 6.33. The van der Waals surface area contributed by atoms with Gasteiger partial charge in [-0.1, -0.05) is 54.1 Å². The fourth-order valence-electron chi connectivity index (χ4n) is 2.91.